The standard InChI is InChI=1S/C15H22N2O3S/c1-3-4-10-16(21(2,19)20)12-15(18)17-11-9-13-7-5-6-8-14(13)17/h5-8H,3-4,9-12H2,1-2H3. The molecule has 6 heteroatoms. The number of fused-ring (bicyclic) bond motifs is 1. The zero-order valence-electron chi connectivity index (χ0n) is 12.6. The molecule has 1 aromatic rings. The van der Waals surface area contributed by atoms with E-state index in [-0.39, 0.29) is 12.5 Å². The smallest absolute Gasteiger partial charge is 0.242 e. The minimum atomic E-state index is -3.35. The van der Waals surface area contributed by atoms with Crippen LogP contribution in [-0.2, 0) is 21.2 Å². The summed E-state index contributed by atoms with van der Waals surface area (Å²) in [5.41, 5.74) is 2.05. The number of carbonyl (C=O) groups excluding carboxylic acids is 1. The molecular formula is C15H22N2O3S. The summed E-state index contributed by atoms with van der Waals surface area (Å²) >= 11 is 0. The molecule has 0 saturated heterocycles. The number of carbonyl (C=O) groups is 1. The Balaban J connectivity index is 2.10. The number of hydrogen-bond acceptors (Lipinski definition) is 3. The molecule has 0 bridgehead atoms. The molecule has 21 heavy (non-hydrogen) atoms. The fourth-order valence-electron chi connectivity index (χ4n) is 2.53. The maximum atomic E-state index is 12.4. The quantitative estimate of drug-likeness (QED) is 0.802. The summed E-state index contributed by atoms with van der Waals surface area (Å²) in [4.78, 5) is 14.1. The Labute approximate surface area is 126 Å². The molecule has 5 nitrogen and oxygen atoms in total. The summed E-state index contributed by atoms with van der Waals surface area (Å²) in [6, 6.07) is 7.78. The van der Waals surface area contributed by atoms with Crippen LogP contribution in [0.25, 0.3) is 0 Å². The van der Waals surface area contributed by atoms with Crippen LogP contribution in [0.1, 0.15) is 25.3 Å². The fraction of sp³-hybridized carbons (Fsp3) is 0.533. The predicted octanol–water partition coefficient (Wildman–Crippen LogP) is 1.64. The number of unbranched alkanes of at least 4 members (excludes halogenated alkanes) is 1. The molecule has 1 aliphatic rings. The van der Waals surface area contributed by atoms with Gasteiger partial charge in [0.05, 0.1) is 12.8 Å². The van der Waals surface area contributed by atoms with Gasteiger partial charge in [-0.05, 0) is 24.5 Å². The van der Waals surface area contributed by atoms with Crippen LogP contribution < -0.4 is 4.90 Å². The van der Waals surface area contributed by atoms with Crippen LogP contribution in [0.5, 0.6) is 0 Å². The second-order valence-electron chi connectivity index (χ2n) is 5.37. The zero-order valence-corrected chi connectivity index (χ0v) is 13.4. The lowest BCUT2D eigenvalue weighted by atomic mass is 10.2. The van der Waals surface area contributed by atoms with E-state index >= 15 is 0 Å². The maximum absolute atomic E-state index is 12.4. The van der Waals surface area contributed by atoms with Gasteiger partial charge in [-0.3, -0.25) is 4.79 Å². The van der Waals surface area contributed by atoms with Crippen LogP contribution in [-0.4, -0.2) is 44.5 Å². The van der Waals surface area contributed by atoms with E-state index in [1.165, 1.54) is 4.31 Å². The van der Waals surface area contributed by atoms with E-state index < -0.39 is 10.0 Å². The minimum absolute atomic E-state index is 0.0762. The summed E-state index contributed by atoms with van der Waals surface area (Å²) in [6.45, 7) is 2.95. The van der Waals surface area contributed by atoms with Gasteiger partial charge in [-0.15, -0.1) is 0 Å². The van der Waals surface area contributed by atoms with Crippen LogP contribution >= 0.6 is 0 Å². The van der Waals surface area contributed by atoms with Crippen LogP contribution in [0.2, 0.25) is 0 Å². The number of anilines is 1. The van der Waals surface area contributed by atoms with Gasteiger partial charge >= 0.3 is 0 Å². The van der Waals surface area contributed by atoms with Crippen molar-refractivity contribution in [2.45, 2.75) is 26.2 Å². The second kappa shape index (κ2) is 6.58. The lowest BCUT2D eigenvalue weighted by molar-refractivity contribution is -0.118. The molecule has 2 rings (SSSR count). The highest BCUT2D eigenvalue weighted by Crippen LogP contribution is 2.27. The van der Waals surface area contributed by atoms with Gasteiger partial charge in [0.15, 0.2) is 0 Å². The number of amides is 1. The number of hydrogen-bond donors (Lipinski definition) is 0. The highest BCUT2D eigenvalue weighted by molar-refractivity contribution is 7.88. The fourth-order valence-corrected chi connectivity index (χ4v) is 3.34. The predicted molar refractivity (Wildman–Crippen MR) is 83.8 cm³/mol. The molecule has 1 aliphatic heterocycles. The molecule has 1 amide bonds. The Kier molecular flexibility index (Phi) is 5.00. The van der Waals surface area contributed by atoms with Crippen molar-refractivity contribution in [3.63, 3.8) is 0 Å². The van der Waals surface area contributed by atoms with Crippen molar-refractivity contribution in [1.82, 2.24) is 4.31 Å². The zero-order chi connectivity index (χ0) is 15.5. The minimum Gasteiger partial charge on any atom is -0.311 e. The monoisotopic (exact) mass is 310 g/mol. The van der Waals surface area contributed by atoms with Crippen LogP contribution in [0.4, 0.5) is 5.69 Å². The van der Waals surface area contributed by atoms with Crippen molar-refractivity contribution in [3.05, 3.63) is 29.8 Å². The van der Waals surface area contributed by atoms with Gasteiger partial charge in [0.1, 0.15) is 0 Å². The van der Waals surface area contributed by atoms with E-state index in [2.05, 4.69) is 0 Å². The van der Waals surface area contributed by atoms with E-state index in [4.69, 9.17) is 0 Å². The Morgan fingerprint density at radius 2 is 2.05 bits per heavy atom. The highest BCUT2D eigenvalue weighted by Gasteiger charge is 2.27. The number of nitrogens with zero attached hydrogens (tertiary/aromatic N) is 2. The largest absolute Gasteiger partial charge is 0.311 e. The van der Waals surface area contributed by atoms with Crippen molar-refractivity contribution >= 4 is 21.6 Å². The lowest BCUT2D eigenvalue weighted by Gasteiger charge is -2.23. The van der Waals surface area contributed by atoms with Crippen molar-refractivity contribution in [3.8, 4) is 0 Å². The highest BCUT2D eigenvalue weighted by atomic mass is 32.2. The summed E-state index contributed by atoms with van der Waals surface area (Å²) in [6.07, 6.45) is 3.65. The molecule has 0 aromatic heterocycles. The van der Waals surface area contributed by atoms with Gasteiger partial charge in [-0.2, -0.15) is 4.31 Å². The first-order valence-corrected chi connectivity index (χ1v) is 9.11. The number of benzene rings is 1. The van der Waals surface area contributed by atoms with Crippen molar-refractivity contribution in [1.29, 1.82) is 0 Å². The molecule has 1 aromatic carbocycles. The molecule has 116 valence electrons. The third-order valence-electron chi connectivity index (χ3n) is 3.73. The van der Waals surface area contributed by atoms with Crippen LogP contribution in [0, 0.1) is 0 Å². The Bertz CT molecular complexity index is 613. The first-order valence-electron chi connectivity index (χ1n) is 7.27. The number of sulfonamides is 1. The topological polar surface area (TPSA) is 57.7 Å². The molecule has 0 fully saturated rings. The van der Waals surface area contributed by atoms with Crippen molar-refractivity contribution in [2.24, 2.45) is 0 Å². The Hall–Kier alpha value is -1.40. The normalized spacial score (nSPS) is 14.5. The maximum Gasteiger partial charge on any atom is 0.242 e. The molecule has 0 unspecified atom stereocenters. The molecule has 0 atom stereocenters. The summed E-state index contributed by atoms with van der Waals surface area (Å²) in [5, 5.41) is 0. The van der Waals surface area contributed by atoms with Gasteiger partial charge in [0.2, 0.25) is 15.9 Å². The molecule has 0 spiro atoms. The Morgan fingerprint density at radius 3 is 2.71 bits per heavy atom. The average Bonchev–Trinajstić information content (AvgIpc) is 2.86. The third-order valence-corrected chi connectivity index (χ3v) is 4.98. The SMILES string of the molecule is CCCCN(CC(=O)N1CCc2ccccc21)S(C)(=O)=O. The molecular weight excluding hydrogens is 288 g/mol. The lowest BCUT2D eigenvalue weighted by Crippen LogP contribution is -2.42. The number of rotatable bonds is 6. The van der Waals surface area contributed by atoms with E-state index in [1.807, 2.05) is 31.2 Å². The summed E-state index contributed by atoms with van der Waals surface area (Å²) in [5.74, 6) is -0.151. The molecule has 1 heterocycles. The Morgan fingerprint density at radius 1 is 1.33 bits per heavy atom. The van der Waals surface area contributed by atoms with Crippen molar-refractivity contribution in [2.75, 3.05) is 30.8 Å². The third kappa shape index (κ3) is 3.83. The van der Waals surface area contributed by atoms with Crippen LogP contribution in [0.3, 0.4) is 0 Å². The van der Waals surface area contributed by atoms with Crippen molar-refractivity contribution < 1.29 is 13.2 Å². The first-order chi connectivity index (χ1) is 9.93. The van der Waals surface area contributed by atoms with Gasteiger partial charge in [0, 0.05) is 18.8 Å². The van der Waals surface area contributed by atoms with E-state index in [9.17, 15) is 13.2 Å². The van der Waals surface area contributed by atoms with Gasteiger partial charge in [-0.25, -0.2) is 8.42 Å². The molecule has 0 radical (unpaired) electrons. The number of para-hydroxylation sites is 1. The molecule has 0 N–H and O–H groups in total. The second-order valence-corrected chi connectivity index (χ2v) is 7.36. The average molecular weight is 310 g/mol. The van der Waals surface area contributed by atoms with Crippen LogP contribution in [0.15, 0.2) is 24.3 Å². The van der Waals surface area contributed by atoms with E-state index in [0.29, 0.717) is 13.1 Å². The first kappa shape index (κ1) is 16.0. The summed E-state index contributed by atoms with van der Waals surface area (Å²) in [7, 11) is -3.35. The molecule has 0 aliphatic carbocycles. The van der Waals surface area contributed by atoms with Gasteiger partial charge < -0.3 is 4.90 Å². The van der Waals surface area contributed by atoms with E-state index in [0.717, 1.165) is 36.8 Å². The van der Waals surface area contributed by atoms with E-state index in [1.54, 1.807) is 4.90 Å². The molecule has 0 saturated carbocycles. The van der Waals surface area contributed by atoms with Gasteiger partial charge in [-0.1, -0.05) is 31.5 Å². The summed E-state index contributed by atoms with van der Waals surface area (Å²) < 4.78 is 24.9. The van der Waals surface area contributed by atoms with Gasteiger partial charge in [0.25, 0.3) is 0 Å².